The molecule has 0 aromatic heterocycles. The Bertz CT molecular complexity index is 276. The van der Waals surface area contributed by atoms with E-state index in [-0.39, 0.29) is 10.8 Å². The van der Waals surface area contributed by atoms with E-state index in [0.717, 1.165) is 6.41 Å². The number of ether oxygens (including phenoxy) is 2. The number of hydrogen-bond donors (Lipinski definition) is 0. The lowest BCUT2D eigenvalue weighted by Gasteiger charge is -2.33. The molecule has 16 heavy (non-hydrogen) atoms. The second-order valence-corrected chi connectivity index (χ2v) is 5.74. The summed E-state index contributed by atoms with van der Waals surface area (Å²) in [4.78, 5) is 23.5. The van der Waals surface area contributed by atoms with Crippen molar-refractivity contribution in [2.45, 2.75) is 32.4 Å². The molecule has 92 valence electrons. The van der Waals surface area contributed by atoms with Crippen LogP contribution in [0, 0.1) is 5.41 Å². The van der Waals surface area contributed by atoms with Gasteiger partial charge in [-0.1, -0.05) is 20.8 Å². The van der Waals surface area contributed by atoms with E-state index < -0.39 is 12.4 Å². The van der Waals surface area contributed by atoms with Crippen LogP contribution in [0.3, 0.4) is 0 Å². The molecular weight excluding hydrogens is 230 g/mol. The van der Waals surface area contributed by atoms with Crippen LogP contribution in [0.25, 0.3) is 0 Å². The Morgan fingerprint density at radius 3 is 2.56 bits per heavy atom. The molecule has 0 unspecified atom stereocenters. The maximum Gasteiger partial charge on any atom is 0.509 e. The van der Waals surface area contributed by atoms with Gasteiger partial charge in [-0.2, -0.15) is 0 Å². The van der Waals surface area contributed by atoms with Gasteiger partial charge in [-0.05, 0) is 5.41 Å². The molecule has 0 bridgehead atoms. The number of carbonyl (C=O) groups is 2. The highest BCUT2D eigenvalue weighted by atomic mass is 32.2. The van der Waals surface area contributed by atoms with Crippen LogP contribution in [-0.2, 0) is 14.3 Å². The SMILES string of the molecule is COC(=O)O[C@@H]1CS[C@H](C(C)(C)C)N1C=O. The van der Waals surface area contributed by atoms with Gasteiger partial charge in [0.15, 0.2) is 6.23 Å². The number of carbonyl (C=O) groups excluding carboxylic acids is 2. The number of hydrogen-bond acceptors (Lipinski definition) is 5. The van der Waals surface area contributed by atoms with Crippen LogP contribution in [-0.4, -0.2) is 41.9 Å². The van der Waals surface area contributed by atoms with Crippen LogP contribution in [0.1, 0.15) is 20.8 Å². The molecule has 0 aliphatic carbocycles. The van der Waals surface area contributed by atoms with Gasteiger partial charge in [-0.15, -0.1) is 11.8 Å². The van der Waals surface area contributed by atoms with Crippen LogP contribution in [0.2, 0.25) is 0 Å². The van der Waals surface area contributed by atoms with Crippen LogP contribution < -0.4 is 0 Å². The van der Waals surface area contributed by atoms with Gasteiger partial charge < -0.3 is 9.47 Å². The number of methoxy groups -OCH3 is 1. The maximum atomic E-state index is 11.0. The first-order chi connectivity index (χ1) is 7.40. The lowest BCUT2D eigenvalue weighted by Crippen LogP contribution is -2.43. The molecule has 6 heteroatoms. The maximum absolute atomic E-state index is 11.0. The average Bonchev–Trinajstić information content (AvgIpc) is 2.60. The van der Waals surface area contributed by atoms with Crippen LogP contribution in [0.5, 0.6) is 0 Å². The normalized spacial score (nSPS) is 25.4. The zero-order chi connectivity index (χ0) is 12.3. The van der Waals surface area contributed by atoms with Crippen molar-refractivity contribution in [1.82, 2.24) is 4.90 Å². The fourth-order valence-corrected chi connectivity index (χ4v) is 3.02. The largest absolute Gasteiger partial charge is 0.509 e. The van der Waals surface area contributed by atoms with Crippen molar-refractivity contribution in [2.24, 2.45) is 5.41 Å². The number of thioether (sulfide) groups is 1. The molecule has 1 fully saturated rings. The van der Waals surface area contributed by atoms with Crippen molar-refractivity contribution in [2.75, 3.05) is 12.9 Å². The minimum absolute atomic E-state index is 0.0136. The molecule has 1 amide bonds. The smallest absolute Gasteiger partial charge is 0.438 e. The van der Waals surface area contributed by atoms with Gasteiger partial charge in [-0.25, -0.2) is 4.79 Å². The second kappa shape index (κ2) is 4.95. The Morgan fingerprint density at radius 1 is 1.50 bits per heavy atom. The van der Waals surface area contributed by atoms with Gasteiger partial charge in [0, 0.05) is 0 Å². The summed E-state index contributed by atoms with van der Waals surface area (Å²) >= 11 is 1.60. The van der Waals surface area contributed by atoms with E-state index in [1.54, 1.807) is 11.8 Å². The van der Waals surface area contributed by atoms with Crippen molar-refractivity contribution in [1.29, 1.82) is 0 Å². The summed E-state index contributed by atoms with van der Waals surface area (Å²) in [6.07, 6.45) is -0.560. The Labute approximate surface area is 99.5 Å². The van der Waals surface area contributed by atoms with Crippen molar-refractivity contribution in [3.63, 3.8) is 0 Å². The fourth-order valence-electron chi connectivity index (χ4n) is 1.57. The van der Waals surface area contributed by atoms with E-state index in [1.807, 2.05) is 20.8 Å². The highest BCUT2D eigenvalue weighted by molar-refractivity contribution is 8.00. The predicted octanol–water partition coefficient (Wildman–Crippen LogP) is 1.67. The zero-order valence-corrected chi connectivity index (χ0v) is 10.7. The lowest BCUT2D eigenvalue weighted by atomic mass is 9.96. The molecule has 5 nitrogen and oxygen atoms in total. The van der Waals surface area contributed by atoms with Crippen LogP contribution >= 0.6 is 11.8 Å². The van der Waals surface area contributed by atoms with Gasteiger partial charge in [0.1, 0.15) is 0 Å². The van der Waals surface area contributed by atoms with Crippen molar-refractivity contribution >= 4 is 24.3 Å². The Morgan fingerprint density at radius 2 is 2.12 bits per heavy atom. The third-order valence-electron chi connectivity index (χ3n) is 2.26. The Kier molecular flexibility index (Phi) is 4.07. The van der Waals surface area contributed by atoms with Crippen molar-refractivity contribution < 1.29 is 19.1 Å². The summed E-state index contributed by atoms with van der Waals surface area (Å²) in [7, 11) is 1.25. The number of rotatable bonds is 2. The third kappa shape index (κ3) is 2.81. The number of nitrogens with zero attached hydrogens (tertiary/aromatic N) is 1. The Balaban J connectivity index is 2.70. The van der Waals surface area contributed by atoms with Gasteiger partial charge in [0.25, 0.3) is 0 Å². The molecule has 0 saturated carbocycles. The second-order valence-electron chi connectivity index (χ2n) is 4.63. The zero-order valence-electron chi connectivity index (χ0n) is 9.93. The van der Waals surface area contributed by atoms with Gasteiger partial charge in [-0.3, -0.25) is 9.69 Å². The topological polar surface area (TPSA) is 55.8 Å². The fraction of sp³-hybridized carbons (Fsp3) is 0.800. The van der Waals surface area contributed by atoms with E-state index in [4.69, 9.17) is 4.74 Å². The molecule has 1 aliphatic rings. The summed E-state index contributed by atoms with van der Waals surface area (Å²) < 4.78 is 9.41. The number of amides is 1. The predicted molar refractivity (Wildman–Crippen MR) is 60.9 cm³/mol. The average molecular weight is 247 g/mol. The molecule has 0 radical (unpaired) electrons. The minimum Gasteiger partial charge on any atom is -0.438 e. The first-order valence-corrected chi connectivity index (χ1v) is 6.04. The standard InChI is InChI=1S/C10H17NO4S/c1-10(2,3)8-11(6-12)7(5-16-8)15-9(13)14-4/h6-8H,5H2,1-4H3/t7-,8-/m1/s1. The molecule has 2 atom stereocenters. The first-order valence-electron chi connectivity index (χ1n) is 4.99. The molecule has 0 spiro atoms. The molecule has 0 aromatic carbocycles. The molecular formula is C10H17NO4S. The molecule has 0 aromatic rings. The Hall–Kier alpha value is -0.910. The minimum atomic E-state index is -0.757. The molecule has 1 aliphatic heterocycles. The van der Waals surface area contributed by atoms with Gasteiger partial charge in [0.05, 0.1) is 18.2 Å². The highest BCUT2D eigenvalue weighted by Crippen LogP contribution is 2.39. The van der Waals surface area contributed by atoms with E-state index in [9.17, 15) is 9.59 Å². The van der Waals surface area contributed by atoms with Gasteiger partial charge >= 0.3 is 6.16 Å². The van der Waals surface area contributed by atoms with Crippen molar-refractivity contribution in [3.05, 3.63) is 0 Å². The van der Waals surface area contributed by atoms with E-state index in [1.165, 1.54) is 12.0 Å². The van der Waals surface area contributed by atoms with Gasteiger partial charge in [0.2, 0.25) is 6.41 Å². The summed E-state index contributed by atoms with van der Waals surface area (Å²) in [5, 5.41) is 0.0136. The summed E-state index contributed by atoms with van der Waals surface area (Å²) in [5.74, 6) is 0.579. The summed E-state index contributed by atoms with van der Waals surface area (Å²) in [6.45, 7) is 6.13. The molecule has 1 heterocycles. The van der Waals surface area contributed by atoms with E-state index in [2.05, 4.69) is 4.74 Å². The first kappa shape index (κ1) is 13.2. The molecule has 1 rings (SSSR count). The molecule has 0 N–H and O–H groups in total. The highest BCUT2D eigenvalue weighted by Gasteiger charge is 2.42. The summed E-state index contributed by atoms with van der Waals surface area (Å²) in [5.41, 5.74) is -0.0557. The monoisotopic (exact) mass is 247 g/mol. The molecule has 1 saturated heterocycles. The van der Waals surface area contributed by atoms with Crippen molar-refractivity contribution in [3.8, 4) is 0 Å². The quantitative estimate of drug-likeness (QED) is 0.549. The lowest BCUT2D eigenvalue weighted by molar-refractivity contribution is -0.129. The summed E-state index contributed by atoms with van der Waals surface area (Å²) in [6, 6.07) is 0. The third-order valence-corrected chi connectivity index (χ3v) is 4.01. The van der Waals surface area contributed by atoms with E-state index >= 15 is 0 Å². The van der Waals surface area contributed by atoms with E-state index in [0.29, 0.717) is 5.75 Å². The van der Waals surface area contributed by atoms with Crippen LogP contribution in [0.4, 0.5) is 4.79 Å². The van der Waals surface area contributed by atoms with Crippen LogP contribution in [0.15, 0.2) is 0 Å².